The molecule has 28 valence electrons. The van der Waals surface area contributed by atoms with Crippen LogP contribution in [0.3, 0.4) is 0 Å². The van der Waals surface area contributed by atoms with E-state index in [0.717, 1.165) is 0 Å². The normalized spacial score (nSPS) is 9.20. The third-order valence-corrected chi connectivity index (χ3v) is 0.197. The molecule has 0 saturated carbocycles. The van der Waals surface area contributed by atoms with Crippen LogP contribution < -0.4 is 5.90 Å². The van der Waals surface area contributed by atoms with Gasteiger partial charge in [0.15, 0.2) is 0 Å². The first kappa shape index (κ1) is 4.50. The predicted octanol–water partition coefficient (Wildman–Crippen LogP) is 0.520. The van der Waals surface area contributed by atoms with Crippen LogP contribution >= 0.6 is 0 Å². The van der Waals surface area contributed by atoms with Crippen LogP contribution in [-0.4, -0.2) is 0 Å². The van der Waals surface area contributed by atoms with Crippen molar-refractivity contribution in [2.75, 3.05) is 0 Å². The minimum atomic E-state index is 1.18. The molecule has 2 heteroatoms. The summed E-state index contributed by atoms with van der Waals surface area (Å²) in [7, 11) is 0. The van der Waals surface area contributed by atoms with Gasteiger partial charge >= 0.3 is 0 Å². The van der Waals surface area contributed by atoms with E-state index in [9.17, 15) is 0 Å². The first-order valence-corrected chi connectivity index (χ1v) is 1.33. The van der Waals surface area contributed by atoms with Crippen LogP contribution in [0, 0.1) is 0 Å². The lowest BCUT2D eigenvalue weighted by Gasteiger charge is -1.69. The molecule has 0 amide bonds. The zero-order chi connectivity index (χ0) is 4.12. The van der Waals surface area contributed by atoms with E-state index in [1.165, 1.54) is 6.26 Å². The largest absolute Gasteiger partial charge is 0.376 e. The Morgan fingerprint density at radius 3 is 2.40 bits per heavy atom. The molecule has 0 aliphatic rings. The summed E-state index contributed by atoms with van der Waals surface area (Å²) in [5.41, 5.74) is 0. The topological polar surface area (TPSA) is 31.5 Å². The highest BCUT2D eigenvalue weighted by molar-refractivity contribution is 4.62. The summed E-state index contributed by atoms with van der Waals surface area (Å²) in [5, 5.41) is 0. The zero-order valence-corrected chi connectivity index (χ0v) is 3.01. The van der Waals surface area contributed by atoms with Crippen LogP contribution in [0.15, 0.2) is 12.3 Å². The summed E-state index contributed by atoms with van der Waals surface area (Å²) < 4.78 is 0. The van der Waals surface area contributed by atoms with Crippen LogP contribution in [0.1, 0.15) is 6.92 Å². The highest BCUT2D eigenvalue weighted by atomic mass is 16.6. The van der Waals surface area contributed by atoms with Crippen LogP contribution in [-0.2, 0) is 4.84 Å². The van der Waals surface area contributed by atoms with Crippen molar-refractivity contribution >= 4 is 0 Å². The molecule has 0 atom stereocenters. The van der Waals surface area contributed by atoms with Crippen LogP contribution in [0.5, 0.6) is 0 Å². The molecule has 0 N–H and O–H groups in total. The molecule has 0 saturated heterocycles. The third kappa shape index (κ3) is 3.50. The van der Waals surface area contributed by atoms with Crippen molar-refractivity contribution in [2.45, 2.75) is 6.92 Å². The monoisotopic (exact) mass is 71.0 g/mol. The molecular weight excluding hydrogens is 66.0 g/mol. The quantitative estimate of drug-likeness (QED) is 0.327. The molecule has 5 heavy (non-hydrogen) atoms. The molecule has 0 aliphatic heterocycles. The molecule has 0 unspecified atom stereocenters. The predicted molar refractivity (Wildman–Crippen MR) is 18.0 cm³/mol. The molecule has 2 nitrogen and oxygen atoms in total. The Kier molecular flexibility index (Phi) is 3.15. The Balaban J connectivity index is 2.62. The Hall–Kier alpha value is -0.500. The van der Waals surface area contributed by atoms with E-state index in [2.05, 4.69) is 4.84 Å². The van der Waals surface area contributed by atoms with Gasteiger partial charge in [-0.3, -0.25) is 0 Å². The Morgan fingerprint density at radius 2 is 2.40 bits per heavy atom. The van der Waals surface area contributed by atoms with E-state index in [1.807, 2.05) is 0 Å². The van der Waals surface area contributed by atoms with Gasteiger partial charge in [-0.2, -0.15) is 0 Å². The van der Waals surface area contributed by atoms with E-state index >= 15 is 0 Å². The van der Waals surface area contributed by atoms with Crippen molar-refractivity contribution in [3.05, 3.63) is 12.3 Å². The first-order valence-electron chi connectivity index (χ1n) is 1.33. The second-order valence-electron chi connectivity index (χ2n) is 0.575. The van der Waals surface area contributed by atoms with Gasteiger partial charge in [-0.25, -0.2) is 0 Å². The van der Waals surface area contributed by atoms with Crippen molar-refractivity contribution in [3.8, 4) is 0 Å². The number of nitrogens with zero attached hydrogens (tertiary/aromatic N) is 1. The summed E-state index contributed by atoms with van der Waals surface area (Å²) in [6.07, 6.45) is 2.76. The third-order valence-electron chi connectivity index (χ3n) is 0.197. The lowest BCUT2D eigenvalue weighted by Crippen LogP contribution is -1.64. The number of hydrogen-bond acceptors (Lipinski definition) is 1. The Morgan fingerprint density at radius 1 is 1.80 bits per heavy atom. The van der Waals surface area contributed by atoms with E-state index < -0.39 is 0 Å². The molecule has 0 rings (SSSR count). The average Bonchev–Trinajstić information content (AvgIpc) is 1.41. The van der Waals surface area contributed by atoms with Gasteiger partial charge in [0.25, 0.3) is 0 Å². The van der Waals surface area contributed by atoms with E-state index in [0.29, 0.717) is 0 Å². The summed E-state index contributed by atoms with van der Waals surface area (Å²) in [6, 6.07) is 0. The number of rotatable bonds is 1. The molecule has 0 aromatic heterocycles. The minimum Gasteiger partial charge on any atom is -0.376 e. The van der Waals surface area contributed by atoms with Gasteiger partial charge in [0.1, 0.15) is 12.2 Å². The van der Waals surface area contributed by atoms with Gasteiger partial charge in [-0.15, -0.1) is 0 Å². The zero-order valence-electron chi connectivity index (χ0n) is 3.01. The van der Waals surface area contributed by atoms with Gasteiger partial charge in [0.05, 0.1) is 0 Å². The maximum atomic E-state index is 7.48. The van der Waals surface area contributed by atoms with Crippen molar-refractivity contribution in [1.82, 2.24) is 5.90 Å². The van der Waals surface area contributed by atoms with E-state index in [-0.39, 0.29) is 0 Å². The van der Waals surface area contributed by atoms with Gasteiger partial charge in [0.2, 0.25) is 0 Å². The van der Waals surface area contributed by atoms with Crippen LogP contribution in [0.4, 0.5) is 0 Å². The molecule has 0 spiro atoms. The molecule has 0 aliphatic carbocycles. The molecule has 0 aromatic carbocycles. The maximum absolute atomic E-state index is 7.48. The Bertz CT molecular complexity index is 33.9. The van der Waals surface area contributed by atoms with Crippen molar-refractivity contribution < 1.29 is 4.84 Å². The summed E-state index contributed by atoms with van der Waals surface area (Å²) >= 11 is 0. The molecule has 2 radical (unpaired) electrons. The first-order chi connectivity index (χ1) is 2.41. The SMILES string of the molecule is CC=CO[N]. The lowest BCUT2D eigenvalue weighted by atomic mass is 10.7. The van der Waals surface area contributed by atoms with Gasteiger partial charge in [0, 0.05) is 0 Å². The van der Waals surface area contributed by atoms with Crippen LogP contribution in [0.2, 0.25) is 0 Å². The highest BCUT2D eigenvalue weighted by Gasteiger charge is 1.51. The second-order valence-corrected chi connectivity index (χ2v) is 0.575. The fourth-order valence-electron chi connectivity index (χ4n) is 0.0609. The van der Waals surface area contributed by atoms with Crippen molar-refractivity contribution in [3.63, 3.8) is 0 Å². The number of allylic oxidation sites excluding steroid dienone is 1. The van der Waals surface area contributed by atoms with Crippen molar-refractivity contribution in [2.24, 2.45) is 0 Å². The smallest absolute Gasteiger partial charge is 0.111 e. The molecular formula is C3H5NO. The second kappa shape index (κ2) is 3.50. The summed E-state index contributed by atoms with van der Waals surface area (Å²) in [5.74, 6) is 7.48. The molecule has 0 aromatic rings. The fourth-order valence-corrected chi connectivity index (χ4v) is 0.0609. The van der Waals surface area contributed by atoms with Crippen LogP contribution in [0.25, 0.3) is 0 Å². The van der Waals surface area contributed by atoms with Crippen molar-refractivity contribution in [1.29, 1.82) is 0 Å². The van der Waals surface area contributed by atoms with E-state index in [4.69, 9.17) is 5.90 Å². The summed E-state index contributed by atoms with van der Waals surface area (Å²) in [4.78, 5) is 3.51. The number of hydrogen-bond donors (Lipinski definition) is 0. The highest BCUT2D eigenvalue weighted by Crippen LogP contribution is 1.62. The fraction of sp³-hybridized carbons (Fsp3) is 0.333. The molecule has 0 fully saturated rings. The van der Waals surface area contributed by atoms with Gasteiger partial charge in [-0.05, 0) is 6.92 Å². The maximum Gasteiger partial charge on any atom is 0.111 e. The average molecular weight is 71.1 g/mol. The molecule has 0 bridgehead atoms. The standard InChI is InChI=1S/C3H5NO/c1-2-3-5-4/h2-3H,1H3. The molecule has 0 heterocycles. The van der Waals surface area contributed by atoms with Gasteiger partial charge in [-0.1, -0.05) is 6.08 Å². The summed E-state index contributed by atoms with van der Waals surface area (Å²) in [6.45, 7) is 1.75. The lowest BCUT2D eigenvalue weighted by molar-refractivity contribution is 0.236. The minimum absolute atomic E-state index is 1.18. The Labute approximate surface area is 31.2 Å². The van der Waals surface area contributed by atoms with E-state index in [1.54, 1.807) is 13.0 Å². The van der Waals surface area contributed by atoms with Gasteiger partial charge < -0.3 is 4.84 Å².